The van der Waals surface area contributed by atoms with E-state index in [9.17, 15) is 18.0 Å². The van der Waals surface area contributed by atoms with Gasteiger partial charge >= 0.3 is 6.18 Å². The van der Waals surface area contributed by atoms with Crippen LogP contribution in [0, 0.1) is 0 Å². The van der Waals surface area contributed by atoms with E-state index in [1.165, 1.54) is 18.3 Å². The molecule has 172 valence electrons. The molecule has 0 saturated carbocycles. The number of nitrogens with zero attached hydrogens (tertiary/aromatic N) is 2. The van der Waals surface area contributed by atoms with Gasteiger partial charge in [0.15, 0.2) is 6.61 Å². The molecule has 1 amide bonds. The molecule has 3 rings (SSSR count). The highest BCUT2D eigenvalue weighted by Gasteiger charge is 2.29. The Morgan fingerprint density at radius 1 is 1.09 bits per heavy atom. The van der Waals surface area contributed by atoms with E-state index in [2.05, 4.69) is 9.72 Å². The van der Waals surface area contributed by atoms with Crippen LogP contribution in [0.3, 0.4) is 0 Å². The van der Waals surface area contributed by atoms with Gasteiger partial charge in [-0.1, -0.05) is 6.08 Å². The molecule has 0 radical (unpaired) electrons. The number of methoxy groups -OCH3 is 3. The van der Waals surface area contributed by atoms with Gasteiger partial charge in [-0.15, -0.1) is 0 Å². The highest BCUT2D eigenvalue weighted by atomic mass is 19.4. The lowest BCUT2D eigenvalue weighted by molar-refractivity contribution is -0.154. The zero-order chi connectivity index (χ0) is 23.3. The average Bonchev–Trinajstić information content (AvgIpc) is 2.81. The molecule has 0 spiro atoms. The third kappa shape index (κ3) is 5.43. The van der Waals surface area contributed by atoms with Gasteiger partial charge in [-0.25, -0.2) is 4.98 Å². The third-order valence-corrected chi connectivity index (χ3v) is 4.90. The summed E-state index contributed by atoms with van der Waals surface area (Å²) in [4.78, 5) is 18.2. The summed E-state index contributed by atoms with van der Waals surface area (Å²) in [6.07, 6.45) is -0.764. The molecule has 7 nitrogen and oxygen atoms in total. The minimum atomic E-state index is -4.46. The summed E-state index contributed by atoms with van der Waals surface area (Å²) in [6, 6.07) is 6.18. The number of amides is 1. The lowest BCUT2D eigenvalue weighted by Crippen LogP contribution is -2.34. The van der Waals surface area contributed by atoms with Crippen molar-refractivity contribution in [1.82, 2.24) is 9.88 Å². The molecule has 1 aromatic heterocycles. The van der Waals surface area contributed by atoms with Crippen LogP contribution >= 0.6 is 0 Å². The van der Waals surface area contributed by atoms with Crippen molar-refractivity contribution < 1.29 is 36.9 Å². The summed E-state index contributed by atoms with van der Waals surface area (Å²) in [5, 5.41) is 0. The summed E-state index contributed by atoms with van der Waals surface area (Å²) >= 11 is 0. The molecule has 32 heavy (non-hydrogen) atoms. The summed E-state index contributed by atoms with van der Waals surface area (Å²) in [5.74, 6) is 1.34. The predicted molar refractivity (Wildman–Crippen MR) is 110 cm³/mol. The molecule has 0 aliphatic carbocycles. The van der Waals surface area contributed by atoms with Gasteiger partial charge in [-0.3, -0.25) is 4.79 Å². The first-order valence-electron chi connectivity index (χ1n) is 9.70. The van der Waals surface area contributed by atoms with Crippen molar-refractivity contribution >= 4 is 11.5 Å². The van der Waals surface area contributed by atoms with Crippen LogP contribution in [-0.2, 0) is 0 Å². The van der Waals surface area contributed by atoms with Crippen molar-refractivity contribution in [3.8, 4) is 23.1 Å². The van der Waals surface area contributed by atoms with Crippen LogP contribution in [0.4, 0.5) is 13.2 Å². The van der Waals surface area contributed by atoms with Crippen molar-refractivity contribution in [3.63, 3.8) is 0 Å². The zero-order valence-electron chi connectivity index (χ0n) is 17.9. The molecule has 0 atom stereocenters. The molecule has 0 bridgehead atoms. The minimum absolute atomic E-state index is 0.196. The Labute approximate surface area is 183 Å². The first-order chi connectivity index (χ1) is 15.3. The number of alkyl halides is 3. The zero-order valence-corrected chi connectivity index (χ0v) is 17.9. The molecule has 1 aromatic carbocycles. The van der Waals surface area contributed by atoms with Gasteiger partial charge in [0.2, 0.25) is 5.88 Å². The molecule has 2 aromatic rings. The third-order valence-electron chi connectivity index (χ3n) is 4.90. The van der Waals surface area contributed by atoms with E-state index in [0.29, 0.717) is 36.8 Å². The average molecular weight is 452 g/mol. The number of pyridine rings is 1. The monoisotopic (exact) mass is 452 g/mol. The lowest BCUT2D eigenvalue weighted by atomic mass is 9.97. The standard InChI is InChI=1S/C22H23F3N2O5/c1-29-16-10-17(30-2)20(18(11-16)31-3)14-6-8-27(9-7-14)21(28)15-4-5-19(26-12-15)32-13-22(23,24)25/h4-6,10-12H,7-9,13H2,1-3H3. The van der Waals surface area contributed by atoms with Crippen molar-refractivity contribution in [1.29, 1.82) is 0 Å². The van der Waals surface area contributed by atoms with Crippen molar-refractivity contribution in [2.45, 2.75) is 12.6 Å². The first kappa shape index (κ1) is 23.2. The molecular weight excluding hydrogens is 429 g/mol. The molecule has 0 unspecified atom stereocenters. The van der Waals surface area contributed by atoms with Crippen molar-refractivity contribution in [2.75, 3.05) is 41.0 Å². The number of aromatic nitrogens is 1. The van der Waals surface area contributed by atoms with Gasteiger partial charge in [0.1, 0.15) is 17.2 Å². The maximum absolute atomic E-state index is 12.8. The number of hydrogen-bond acceptors (Lipinski definition) is 6. The molecule has 0 saturated heterocycles. The summed E-state index contributed by atoms with van der Waals surface area (Å²) in [7, 11) is 4.68. The van der Waals surface area contributed by atoms with Gasteiger partial charge in [0.25, 0.3) is 5.91 Å². The Balaban J connectivity index is 1.72. The molecule has 2 heterocycles. The fourth-order valence-electron chi connectivity index (χ4n) is 3.33. The Bertz CT molecular complexity index is 965. The topological polar surface area (TPSA) is 70.1 Å². The molecule has 10 heteroatoms. The van der Waals surface area contributed by atoms with Crippen LogP contribution in [0.1, 0.15) is 22.3 Å². The largest absolute Gasteiger partial charge is 0.496 e. The number of hydrogen-bond donors (Lipinski definition) is 0. The Kier molecular flexibility index (Phi) is 7.12. The van der Waals surface area contributed by atoms with Crippen LogP contribution < -0.4 is 18.9 Å². The van der Waals surface area contributed by atoms with Crippen LogP contribution in [0.25, 0.3) is 5.57 Å². The molecule has 0 N–H and O–H groups in total. The molecule has 1 aliphatic heterocycles. The molecule has 0 fully saturated rings. The maximum atomic E-state index is 12.8. The van der Waals surface area contributed by atoms with Gasteiger partial charge in [-0.05, 0) is 18.1 Å². The first-order valence-corrected chi connectivity index (χ1v) is 9.70. The second-order valence-corrected chi connectivity index (χ2v) is 6.93. The van der Waals surface area contributed by atoms with E-state index in [1.807, 2.05) is 6.08 Å². The van der Waals surface area contributed by atoms with Gasteiger partial charge in [0.05, 0.1) is 32.5 Å². The van der Waals surface area contributed by atoms with E-state index >= 15 is 0 Å². The second-order valence-electron chi connectivity index (χ2n) is 6.93. The number of ether oxygens (including phenoxy) is 4. The van der Waals surface area contributed by atoms with Gasteiger partial charge in [0, 0.05) is 37.5 Å². The van der Waals surface area contributed by atoms with Crippen LogP contribution in [-0.4, -0.2) is 63.0 Å². The number of benzene rings is 1. The quantitative estimate of drug-likeness (QED) is 0.633. The number of carbonyl (C=O) groups excluding carboxylic acids is 1. The van der Waals surface area contributed by atoms with Crippen LogP contribution in [0.2, 0.25) is 0 Å². The second kappa shape index (κ2) is 9.80. The number of carbonyl (C=O) groups is 1. The smallest absolute Gasteiger partial charge is 0.422 e. The lowest BCUT2D eigenvalue weighted by Gasteiger charge is -2.28. The van der Waals surface area contributed by atoms with E-state index in [-0.39, 0.29) is 17.4 Å². The minimum Gasteiger partial charge on any atom is -0.496 e. The van der Waals surface area contributed by atoms with E-state index in [4.69, 9.17) is 14.2 Å². The fraction of sp³-hybridized carbons (Fsp3) is 0.364. The summed E-state index contributed by atoms with van der Waals surface area (Å²) in [6.45, 7) is -0.653. The van der Waals surface area contributed by atoms with Gasteiger partial charge in [-0.2, -0.15) is 13.2 Å². The SMILES string of the molecule is COc1cc(OC)c(C2=CCN(C(=O)c3ccc(OCC(F)(F)F)nc3)CC2)c(OC)c1. The van der Waals surface area contributed by atoms with E-state index < -0.39 is 12.8 Å². The predicted octanol–water partition coefficient (Wildman–Crippen LogP) is 3.98. The Hall–Kier alpha value is -3.43. The molecular formula is C22H23F3N2O5. The number of halogens is 3. The van der Waals surface area contributed by atoms with Gasteiger partial charge < -0.3 is 23.8 Å². The van der Waals surface area contributed by atoms with Crippen LogP contribution in [0.15, 0.2) is 36.5 Å². The Morgan fingerprint density at radius 2 is 1.78 bits per heavy atom. The highest BCUT2D eigenvalue weighted by molar-refractivity contribution is 5.94. The maximum Gasteiger partial charge on any atom is 0.422 e. The van der Waals surface area contributed by atoms with Crippen molar-refractivity contribution in [2.24, 2.45) is 0 Å². The fourth-order valence-corrected chi connectivity index (χ4v) is 3.33. The van der Waals surface area contributed by atoms with E-state index in [0.717, 1.165) is 11.1 Å². The van der Waals surface area contributed by atoms with Crippen molar-refractivity contribution in [3.05, 3.63) is 47.7 Å². The molecule has 1 aliphatic rings. The highest BCUT2D eigenvalue weighted by Crippen LogP contribution is 2.41. The normalized spacial score (nSPS) is 13.9. The summed E-state index contributed by atoms with van der Waals surface area (Å²) < 4.78 is 57.6. The summed E-state index contributed by atoms with van der Waals surface area (Å²) in [5.41, 5.74) is 2.04. The number of rotatable bonds is 7. The van der Waals surface area contributed by atoms with Crippen LogP contribution in [0.5, 0.6) is 23.1 Å². The van der Waals surface area contributed by atoms with E-state index in [1.54, 1.807) is 38.4 Å². The Morgan fingerprint density at radius 3 is 2.25 bits per heavy atom.